The first kappa shape index (κ1) is 20.2. The number of hydrogen-bond acceptors (Lipinski definition) is 5. The zero-order valence-electron chi connectivity index (χ0n) is 16.0. The number of nitrogens with two attached hydrogens (primary N) is 1. The van der Waals surface area contributed by atoms with Crippen LogP contribution in [0, 0.1) is 0 Å². The van der Waals surface area contributed by atoms with Gasteiger partial charge in [0.2, 0.25) is 0 Å². The van der Waals surface area contributed by atoms with Gasteiger partial charge in [-0.2, -0.15) is 0 Å². The summed E-state index contributed by atoms with van der Waals surface area (Å²) < 4.78 is 1.49. The minimum atomic E-state index is -0.403. The molecule has 1 heterocycles. The summed E-state index contributed by atoms with van der Waals surface area (Å²) in [6.07, 6.45) is 4.61. The fourth-order valence-electron chi connectivity index (χ4n) is 3.18. The number of rotatable bonds is 9. The van der Waals surface area contributed by atoms with Crippen LogP contribution in [-0.2, 0) is 6.54 Å². The Bertz CT molecular complexity index is 1000. The van der Waals surface area contributed by atoms with E-state index in [1.807, 2.05) is 36.4 Å². The third-order valence-electron chi connectivity index (χ3n) is 4.60. The summed E-state index contributed by atoms with van der Waals surface area (Å²) in [6.45, 7) is 0.487. The third-order valence-corrected chi connectivity index (χ3v) is 4.60. The van der Waals surface area contributed by atoms with Crippen molar-refractivity contribution in [3.63, 3.8) is 0 Å². The molecule has 1 aromatic heterocycles. The lowest BCUT2D eigenvalue weighted by atomic mass is 9.98. The number of nitrogens with zero attached hydrogens (tertiary/aromatic N) is 1. The van der Waals surface area contributed by atoms with E-state index in [1.54, 1.807) is 6.20 Å². The van der Waals surface area contributed by atoms with Gasteiger partial charge in [0.1, 0.15) is 0 Å². The average molecular weight is 391 g/mol. The van der Waals surface area contributed by atoms with E-state index >= 15 is 0 Å². The van der Waals surface area contributed by atoms with Crippen LogP contribution in [0.4, 0.5) is 0 Å². The lowest BCUT2D eigenvalue weighted by Gasteiger charge is -2.23. The fourth-order valence-corrected chi connectivity index (χ4v) is 3.18. The van der Waals surface area contributed by atoms with Crippen LogP contribution in [0.3, 0.4) is 0 Å². The number of allylic oxidation sites excluding steroid dienone is 1. The van der Waals surface area contributed by atoms with E-state index in [4.69, 9.17) is 5.84 Å². The summed E-state index contributed by atoms with van der Waals surface area (Å²) in [5, 5.41) is 3.57. The zero-order chi connectivity index (χ0) is 20.5. The third kappa shape index (κ3) is 5.70. The molecule has 29 heavy (non-hydrogen) atoms. The monoisotopic (exact) mass is 391 g/mol. The first-order valence-corrected chi connectivity index (χ1v) is 9.49. The van der Waals surface area contributed by atoms with Gasteiger partial charge in [-0.1, -0.05) is 60.7 Å². The largest absolute Gasteiger partial charge is 0.376 e. The molecule has 0 saturated heterocycles. The van der Waals surface area contributed by atoms with Crippen molar-refractivity contribution >= 4 is 0 Å². The van der Waals surface area contributed by atoms with Crippen LogP contribution in [0.25, 0.3) is 0 Å². The molecule has 0 saturated carbocycles. The van der Waals surface area contributed by atoms with Crippen molar-refractivity contribution in [2.24, 2.45) is 5.84 Å². The van der Waals surface area contributed by atoms with E-state index in [0.717, 1.165) is 16.8 Å². The van der Waals surface area contributed by atoms with Crippen LogP contribution >= 0.6 is 0 Å². The first-order chi connectivity index (χ1) is 14.2. The molecule has 0 radical (unpaired) electrons. The molecular formula is C22H25N5O2. The van der Waals surface area contributed by atoms with E-state index in [-0.39, 0.29) is 6.04 Å². The van der Waals surface area contributed by atoms with Gasteiger partial charge in [0.05, 0.1) is 6.04 Å². The van der Waals surface area contributed by atoms with E-state index in [0.29, 0.717) is 19.4 Å². The van der Waals surface area contributed by atoms with E-state index in [1.165, 1.54) is 16.8 Å². The van der Waals surface area contributed by atoms with Gasteiger partial charge in [-0.15, -0.1) is 0 Å². The standard InChI is InChI=1S/C22H25N5O2/c23-24-16-19(12-7-14-27-15-13-20(28)26-22(27)29)25-21(17-8-3-1-4-9-17)18-10-5-2-6-11-18/h1-6,8-11,13,15-16,21,24-25H,7,12,14,23H2,(H,26,28,29)/b19-16-. The highest BCUT2D eigenvalue weighted by Crippen LogP contribution is 2.23. The van der Waals surface area contributed by atoms with Gasteiger partial charge in [-0.05, 0) is 24.0 Å². The first-order valence-electron chi connectivity index (χ1n) is 9.49. The summed E-state index contributed by atoms with van der Waals surface area (Å²) in [5.74, 6) is 5.54. The predicted octanol–water partition coefficient (Wildman–Crippen LogP) is 2.00. The number of benzene rings is 2. The van der Waals surface area contributed by atoms with Crippen molar-refractivity contribution < 1.29 is 0 Å². The molecule has 0 aliphatic carbocycles. The molecule has 5 N–H and O–H groups in total. The van der Waals surface area contributed by atoms with Crippen molar-refractivity contribution in [2.45, 2.75) is 25.4 Å². The van der Waals surface area contributed by atoms with Gasteiger partial charge < -0.3 is 15.3 Å². The molecule has 0 bridgehead atoms. The molecule has 0 fully saturated rings. The number of hydrazine groups is 1. The number of aryl methyl sites for hydroxylation is 1. The summed E-state index contributed by atoms with van der Waals surface area (Å²) >= 11 is 0. The molecular weight excluding hydrogens is 366 g/mol. The quantitative estimate of drug-likeness (QED) is 0.330. The number of aromatic nitrogens is 2. The van der Waals surface area contributed by atoms with Crippen LogP contribution in [0.2, 0.25) is 0 Å². The van der Waals surface area contributed by atoms with Crippen LogP contribution in [0.15, 0.2) is 94.4 Å². The molecule has 0 spiro atoms. The molecule has 7 heteroatoms. The van der Waals surface area contributed by atoms with E-state index in [9.17, 15) is 9.59 Å². The normalized spacial score (nSPS) is 11.4. The second-order valence-corrected chi connectivity index (χ2v) is 6.64. The molecule has 0 aliphatic heterocycles. The maximum absolute atomic E-state index is 11.8. The molecule has 150 valence electrons. The molecule has 0 amide bonds. The summed E-state index contributed by atoms with van der Waals surface area (Å²) in [4.78, 5) is 25.3. The van der Waals surface area contributed by atoms with Crippen LogP contribution in [-0.4, -0.2) is 9.55 Å². The Labute approximate surface area is 168 Å². The van der Waals surface area contributed by atoms with Gasteiger partial charge >= 0.3 is 5.69 Å². The van der Waals surface area contributed by atoms with Gasteiger partial charge in [0, 0.05) is 30.7 Å². The Morgan fingerprint density at radius 2 is 1.62 bits per heavy atom. The SMILES string of the molecule is NN/C=C(/CCCn1ccc(=O)[nH]c1=O)NC(c1ccccc1)c1ccccc1. The second-order valence-electron chi connectivity index (χ2n) is 6.64. The van der Waals surface area contributed by atoms with Gasteiger partial charge in [0.25, 0.3) is 5.56 Å². The number of hydrogen-bond donors (Lipinski definition) is 4. The molecule has 3 rings (SSSR count). The highest BCUT2D eigenvalue weighted by molar-refractivity contribution is 5.32. The summed E-state index contributed by atoms with van der Waals surface area (Å²) in [5.41, 5.74) is 5.00. The molecule has 7 nitrogen and oxygen atoms in total. The van der Waals surface area contributed by atoms with E-state index in [2.05, 4.69) is 40.0 Å². The summed E-state index contributed by atoms with van der Waals surface area (Å²) in [7, 11) is 0. The van der Waals surface area contributed by atoms with Gasteiger partial charge in [0.15, 0.2) is 0 Å². The molecule has 0 unspecified atom stereocenters. The maximum atomic E-state index is 11.8. The second kappa shape index (κ2) is 10.1. The smallest absolute Gasteiger partial charge is 0.328 e. The van der Waals surface area contributed by atoms with Crippen LogP contribution in [0.5, 0.6) is 0 Å². The predicted molar refractivity (Wildman–Crippen MR) is 114 cm³/mol. The molecule has 0 aliphatic rings. The highest BCUT2D eigenvalue weighted by Gasteiger charge is 2.14. The number of nitrogens with one attached hydrogen (secondary N) is 3. The Hall–Kier alpha value is -3.58. The minimum absolute atomic E-state index is 0.0344. The van der Waals surface area contributed by atoms with E-state index < -0.39 is 11.2 Å². The number of H-pyrrole nitrogens is 1. The molecule has 2 aromatic carbocycles. The van der Waals surface area contributed by atoms with Crippen LogP contribution < -0.4 is 27.8 Å². The zero-order valence-corrected chi connectivity index (χ0v) is 16.0. The van der Waals surface area contributed by atoms with Crippen LogP contribution in [0.1, 0.15) is 30.0 Å². The van der Waals surface area contributed by atoms with Crippen molar-refractivity contribution in [1.82, 2.24) is 20.3 Å². The van der Waals surface area contributed by atoms with Crippen molar-refractivity contribution in [3.8, 4) is 0 Å². The number of aromatic amines is 1. The van der Waals surface area contributed by atoms with Gasteiger partial charge in [-0.3, -0.25) is 15.6 Å². The maximum Gasteiger partial charge on any atom is 0.328 e. The van der Waals surface area contributed by atoms with Crippen molar-refractivity contribution in [3.05, 3.63) is 117 Å². The molecule has 0 atom stereocenters. The highest BCUT2D eigenvalue weighted by atomic mass is 16.2. The summed E-state index contributed by atoms with van der Waals surface area (Å²) in [6, 6.07) is 21.7. The molecule has 3 aromatic rings. The Morgan fingerprint density at radius 1 is 1.00 bits per heavy atom. The average Bonchev–Trinajstić information content (AvgIpc) is 2.74. The lowest BCUT2D eigenvalue weighted by molar-refractivity contribution is 0.571. The minimum Gasteiger partial charge on any atom is -0.376 e. The Kier molecular flexibility index (Phi) is 7.02. The topological polar surface area (TPSA) is 105 Å². The fraction of sp³-hybridized carbons (Fsp3) is 0.182. The van der Waals surface area contributed by atoms with Crippen molar-refractivity contribution in [2.75, 3.05) is 0 Å². The Morgan fingerprint density at radius 3 is 2.17 bits per heavy atom. The van der Waals surface area contributed by atoms with Crippen molar-refractivity contribution in [1.29, 1.82) is 0 Å². The van der Waals surface area contributed by atoms with Gasteiger partial charge in [-0.25, -0.2) is 4.79 Å². The lowest BCUT2D eigenvalue weighted by Crippen LogP contribution is -2.29. The Balaban J connectivity index is 1.74.